The summed E-state index contributed by atoms with van der Waals surface area (Å²) in [4.78, 5) is 31.1. The van der Waals surface area contributed by atoms with Crippen molar-refractivity contribution in [1.29, 1.82) is 0 Å². The van der Waals surface area contributed by atoms with Crippen LogP contribution in [0.3, 0.4) is 0 Å². The van der Waals surface area contributed by atoms with Crippen molar-refractivity contribution in [3.63, 3.8) is 0 Å². The SMILES string of the molecule is COc1ccccc1N1CCN(CCCCC(=O)c2cccc3c(=O)c(C)c(-c4ccccc4)oc23)CC1. The Morgan fingerprint density at radius 3 is 2.39 bits per heavy atom. The van der Waals surface area contributed by atoms with Crippen molar-refractivity contribution in [2.45, 2.75) is 26.2 Å². The molecule has 1 saturated heterocycles. The summed E-state index contributed by atoms with van der Waals surface area (Å²) in [6.45, 7) is 6.63. The molecule has 6 heteroatoms. The van der Waals surface area contributed by atoms with E-state index in [9.17, 15) is 9.59 Å². The molecule has 0 spiro atoms. The lowest BCUT2D eigenvalue weighted by atomic mass is 10.0. The Labute approximate surface area is 223 Å². The zero-order chi connectivity index (χ0) is 26.5. The largest absolute Gasteiger partial charge is 0.495 e. The van der Waals surface area contributed by atoms with E-state index in [0.29, 0.717) is 34.3 Å². The minimum atomic E-state index is -0.0907. The van der Waals surface area contributed by atoms with Gasteiger partial charge < -0.3 is 14.1 Å². The van der Waals surface area contributed by atoms with Crippen molar-refractivity contribution in [2.75, 3.05) is 44.7 Å². The number of ketones is 1. The maximum Gasteiger partial charge on any atom is 0.196 e. The predicted molar refractivity (Wildman–Crippen MR) is 152 cm³/mol. The minimum Gasteiger partial charge on any atom is -0.495 e. The number of unbranched alkanes of at least 4 members (excludes halogenated alkanes) is 1. The van der Waals surface area contributed by atoms with Crippen LogP contribution in [-0.2, 0) is 0 Å². The van der Waals surface area contributed by atoms with E-state index in [1.54, 1.807) is 32.2 Å². The van der Waals surface area contributed by atoms with Crippen LogP contribution in [0, 0.1) is 6.92 Å². The molecule has 1 aliphatic heterocycles. The molecule has 0 saturated carbocycles. The van der Waals surface area contributed by atoms with E-state index in [1.165, 1.54) is 0 Å². The zero-order valence-corrected chi connectivity index (χ0v) is 22.1. The molecular weight excluding hydrogens is 476 g/mol. The summed E-state index contributed by atoms with van der Waals surface area (Å²) in [5, 5.41) is 0.459. The van der Waals surface area contributed by atoms with Crippen molar-refractivity contribution in [2.24, 2.45) is 0 Å². The van der Waals surface area contributed by atoms with Gasteiger partial charge in [-0.05, 0) is 50.6 Å². The van der Waals surface area contributed by atoms with Crippen molar-refractivity contribution in [3.05, 3.63) is 94.1 Å². The smallest absolute Gasteiger partial charge is 0.196 e. The standard InChI is InChI=1S/C32H34N2O4/c1-23-30(36)26-14-10-13-25(32(26)38-31(23)24-11-4-3-5-12-24)28(35)16-8-9-18-33-19-21-34(22-20-33)27-15-6-7-17-29(27)37-2/h3-7,10-15,17H,8-9,16,18-22H2,1-2H3. The Morgan fingerprint density at radius 1 is 0.895 bits per heavy atom. The molecule has 3 aromatic carbocycles. The maximum absolute atomic E-state index is 13.2. The highest BCUT2D eigenvalue weighted by molar-refractivity contribution is 6.06. The highest BCUT2D eigenvalue weighted by atomic mass is 16.5. The maximum atomic E-state index is 13.2. The van der Waals surface area contributed by atoms with Gasteiger partial charge in [-0.15, -0.1) is 0 Å². The molecule has 196 valence electrons. The van der Waals surface area contributed by atoms with E-state index >= 15 is 0 Å². The Morgan fingerprint density at radius 2 is 1.63 bits per heavy atom. The number of piperazine rings is 1. The Bertz CT molecular complexity index is 1470. The number of nitrogens with zero attached hydrogens (tertiary/aromatic N) is 2. The molecule has 0 radical (unpaired) electrons. The van der Waals surface area contributed by atoms with E-state index in [1.807, 2.05) is 48.5 Å². The monoisotopic (exact) mass is 510 g/mol. The first-order valence-electron chi connectivity index (χ1n) is 13.3. The first kappa shape index (κ1) is 25.7. The van der Waals surface area contributed by atoms with Crippen molar-refractivity contribution >= 4 is 22.4 Å². The number of carbonyl (C=O) groups excluding carboxylic acids is 1. The van der Waals surface area contributed by atoms with Gasteiger partial charge in [-0.25, -0.2) is 0 Å². The van der Waals surface area contributed by atoms with Gasteiger partial charge >= 0.3 is 0 Å². The molecule has 1 aromatic heterocycles. The first-order valence-corrected chi connectivity index (χ1v) is 13.3. The molecule has 1 aliphatic rings. The molecular formula is C32H34N2O4. The van der Waals surface area contributed by atoms with Gasteiger partial charge in [-0.3, -0.25) is 14.5 Å². The number of anilines is 1. The topological polar surface area (TPSA) is 63.0 Å². The van der Waals surface area contributed by atoms with Gasteiger partial charge in [-0.2, -0.15) is 0 Å². The fourth-order valence-corrected chi connectivity index (χ4v) is 5.25. The van der Waals surface area contributed by atoms with Gasteiger partial charge in [0.1, 0.15) is 17.1 Å². The van der Waals surface area contributed by atoms with Gasteiger partial charge in [-0.1, -0.05) is 48.5 Å². The number of Topliss-reactive ketones (excluding diaryl/α,β-unsaturated/α-hetero) is 1. The van der Waals surface area contributed by atoms with Gasteiger partial charge in [0, 0.05) is 43.7 Å². The van der Waals surface area contributed by atoms with Gasteiger partial charge in [0.05, 0.1) is 23.7 Å². The lowest BCUT2D eigenvalue weighted by molar-refractivity contribution is 0.0978. The number of benzene rings is 3. The molecule has 6 nitrogen and oxygen atoms in total. The van der Waals surface area contributed by atoms with Gasteiger partial charge in [0.25, 0.3) is 0 Å². The normalized spacial score (nSPS) is 14.1. The second-order valence-corrected chi connectivity index (χ2v) is 9.81. The van der Waals surface area contributed by atoms with E-state index in [0.717, 1.165) is 62.6 Å². The van der Waals surface area contributed by atoms with Gasteiger partial charge in [0.15, 0.2) is 11.2 Å². The predicted octanol–water partition coefficient (Wildman–Crippen LogP) is 5.95. The van der Waals surface area contributed by atoms with Crippen LogP contribution in [0.15, 0.2) is 82.0 Å². The van der Waals surface area contributed by atoms with Crippen LogP contribution in [0.1, 0.15) is 35.2 Å². The lowest BCUT2D eigenvalue weighted by Gasteiger charge is -2.36. The number of hydrogen-bond donors (Lipinski definition) is 0. The molecule has 0 unspecified atom stereocenters. The number of ether oxygens (including phenoxy) is 1. The molecule has 0 amide bonds. The molecule has 0 bridgehead atoms. The van der Waals surface area contributed by atoms with Crippen LogP contribution >= 0.6 is 0 Å². The van der Waals surface area contributed by atoms with E-state index in [-0.39, 0.29) is 11.2 Å². The summed E-state index contributed by atoms with van der Waals surface area (Å²) in [5.74, 6) is 1.45. The molecule has 1 fully saturated rings. The fraction of sp³-hybridized carbons (Fsp3) is 0.312. The van der Waals surface area contributed by atoms with Gasteiger partial charge in [0.2, 0.25) is 0 Å². The zero-order valence-electron chi connectivity index (χ0n) is 22.1. The third kappa shape index (κ3) is 5.36. The molecule has 5 rings (SSSR count). The van der Waals surface area contributed by atoms with Crippen LogP contribution < -0.4 is 15.1 Å². The number of rotatable bonds is 9. The number of fused-ring (bicyclic) bond motifs is 1. The van der Waals surface area contributed by atoms with Crippen LogP contribution in [0.5, 0.6) is 5.75 Å². The summed E-state index contributed by atoms with van der Waals surface area (Å²) < 4.78 is 11.8. The highest BCUT2D eigenvalue weighted by Gasteiger charge is 2.20. The Kier molecular flexibility index (Phi) is 7.89. The summed E-state index contributed by atoms with van der Waals surface area (Å²) >= 11 is 0. The molecule has 0 N–H and O–H groups in total. The third-order valence-corrected chi connectivity index (χ3v) is 7.41. The molecule has 0 aliphatic carbocycles. The highest BCUT2D eigenvalue weighted by Crippen LogP contribution is 2.29. The van der Waals surface area contributed by atoms with Crippen molar-refractivity contribution in [1.82, 2.24) is 4.90 Å². The average molecular weight is 511 g/mol. The van der Waals surface area contributed by atoms with Crippen molar-refractivity contribution in [3.8, 4) is 17.1 Å². The summed E-state index contributed by atoms with van der Waals surface area (Å²) in [5.41, 5.74) is 3.32. The summed E-state index contributed by atoms with van der Waals surface area (Å²) in [6.07, 6.45) is 2.17. The fourth-order valence-electron chi connectivity index (χ4n) is 5.25. The second kappa shape index (κ2) is 11.7. The molecule has 0 atom stereocenters. The van der Waals surface area contributed by atoms with Crippen LogP contribution in [0.25, 0.3) is 22.3 Å². The molecule has 2 heterocycles. The van der Waals surface area contributed by atoms with E-state index in [2.05, 4.69) is 15.9 Å². The average Bonchev–Trinajstić information content (AvgIpc) is 2.97. The van der Waals surface area contributed by atoms with Crippen LogP contribution in [0.4, 0.5) is 5.69 Å². The van der Waals surface area contributed by atoms with Crippen LogP contribution in [-0.4, -0.2) is 50.5 Å². The number of hydrogen-bond acceptors (Lipinski definition) is 6. The van der Waals surface area contributed by atoms with E-state index < -0.39 is 0 Å². The lowest BCUT2D eigenvalue weighted by Crippen LogP contribution is -2.46. The van der Waals surface area contributed by atoms with E-state index in [4.69, 9.17) is 9.15 Å². The Balaban J connectivity index is 1.19. The van der Waals surface area contributed by atoms with Crippen LogP contribution in [0.2, 0.25) is 0 Å². The molecule has 38 heavy (non-hydrogen) atoms. The quantitative estimate of drug-likeness (QED) is 0.205. The number of carbonyl (C=O) groups is 1. The van der Waals surface area contributed by atoms with Crippen molar-refractivity contribution < 1.29 is 13.9 Å². The second-order valence-electron chi connectivity index (χ2n) is 9.81. The molecule has 4 aromatic rings. The first-order chi connectivity index (χ1) is 18.6. The number of methoxy groups -OCH3 is 1. The third-order valence-electron chi connectivity index (χ3n) is 7.41. The Hall–Kier alpha value is -3.90. The summed E-state index contributed by atoms with van der Waals surface area (Å²) in [7, 11) is 1.71. The minimum absolute atomic E-state index is 0.0163. The summed E-state index contributed by atoms with van der Waals surface area (Å²) in [6, 6.07) is 23.0. The number of para-hydroxylation sites is 3.